The van der Waals surface area contributed by atoms with E-state index in [1.165, 1.54) is 12.3 Å². The summed E-state index contributed by atoms with van der Waals surface area (Å²) >= 11 is 0. The molecule has 0 saturated carbocycles. The maximum atomic E-state index is 2.45. The van der Waals surface area contributed by atoms with E-state index in [0.29, 0.717) is 10.3 Å². The first-order valence-corrected chi connectivity index (χ1v) is 11.5. The molecule has 0 aliphatic carbocycles. The second-order valence-electron chi connectivity index (χ2n) is 7.82. The monoisotopic (exact) mass is 310 g/mol. The van der Waals surface area contributed by atoms with Crippen molar-refractivity contribution >= 4 is 15.8 Å². The third-order valence-electron chi connectivity index (χ3n) is 4.22. The van der Waals surface area contributed by atoms with Crippen LogP contribution in [0.25, 0.3) is 0 Å². The quantitative estimate of drug-likeness (QED) is 0.556. The Morgan fingerprint density at radius 3 is 1.25 bits per heavy atom. The van der Waals surface area contributed by atoms with E-state index in [4.69, 9.17) is 0 Å². The van der Waals surface area contributed by atoms with Gasteiger partial charge in [0.25, 0.3) is 0 Å². The Morgan fingerprint density at radius 2 is 1.00 bits per heavy atom. The minimum Gasteiger partial charge on any atom is -0.0999 e. The van der Waals surface area contributed by atoms with Gasteiger partial charge in [0.05, 0.1) is 0 Å². The van der Waals surface area contributed by atoms with Crippen LogP contribution in [0.5, 0.6) is 0 Å². The molecule has 0 amide bonds. The maximum Gasteiger partial charge on any atom is -0.00680 e. The van der Waals surface area contributed by atoms with E-state index in [1.807, 2.05) is 0 Å². The smallest absolute Gasteiger partial charge is 0.00680 e. The molecule has 0 nitrogen and oxygen atoms in total. The van der Waals surface area contributed by atoms with Gasteiger partial charge in [-0.2, -0.15) is 0 Å². The molecule has 1 aromatic carbocycles. The molecule has 0 radical (unpaired) electrons. The fourth-order valence-electron chi connectivity index (χ4n) is 1.85. The van der Waals surface area contributed by atoms with Crippen molar-refractivity contribution in [2.45, 2.75) is 64.2 Å². The summed E-state index contributed by atoms with van der Waals surface area (Å²) in [5.41, 5.74) is 3.18. The zero-order chi connectivity index (χ0) is 15.6. The summed E-state index contributed by atoms with van der Waals surface area (Å²) in [5, 5.41) is 0.896. The van der Waals surface area contributed by atoms with Gasteiger partial charge in [0, 0.05) is 0 Å². The van der Waals surface area contributed by atoms with E-state index in [0.717, 1.165) is 0 Å². The lowest BCUT2D eigenvalue weighted by molar-refractivity contribution is 0.780. The zero-order valence-corrected chi connectivity index (χ0v) is 16.4. The van der Waals surface area contributed by atoms with E-state index in [-0.39, 0.29) is 15.8 Å². The summed E-state index contributed by atoms with van der Waals surface area (Å²) in [6, 6.07) is 9.12. The lowest BCUT2D eigenvalue weighted by Crippen LogP contribution is -2.13. The Kier molecular flexibility index (Phi) is 6.25. The molecule has 2 heteroatoms. The number of hydrogen-bond acceptors (Lipinski definition) is 0. The van der Waals surface area contributed by atoms with Crippen LogP contribution in [0.15, 0.2) is 24.3 Å². The Labute approximate surface area is 129 Å². The summed E-state index contributed by atoms with van der Waals surface area (Å²) in [7, 11) is 0.0800. The highest BCUT2D eigenvalue weighted by Gasteiger charge is 2.23. The van der Waals surface area contributed by atoms with Crippen LogP contribution < -0.4 is 0 Å². The molecule has 0 aliphatic heterocycles. The number of rotatable bonds is 4. The third-order valence-corrected chi connectivity index (χ3v) is 10.4. The molecule has 114 valence electrons. The molecule has 1 rings (SSSR count). The SMILES string of the molecule is CP(Cc1ccccc1CP(C)C(C)(C)C)C(C)(C)C. The molecule has 0 aliphatic rings. The third kappa shape index (κ3) is 5.46. The predicted octanol–water partition coefficient (Wildman–Crippen LogP) is 6.51. The molecule has 0 spiro atoms. The molecule has 1 aromatic rings. The van der Waals surface area contributed by atoms with E-state index in [1.54, 1.807) is 11.1 Å². The van der Waals surface area contributed by atoms with Crippen molar-refractivity contribution in [3.05, 3.63) is 35.4 Å². The lowest BCUT2D eigenvalue weighted by atomic mass is 10.1. The Bertz CT molecular complexity index is 383. The molecule has 0 N–H and O–H groups in total. The van der Waals surface area contributed by atoms with Crippen LogP contribution in [0.4, 0.5) is 0 Å². The average Bonchev–Trinajstić information content (AvgIpc) is 2.29. The highest BCUT2D eigenvalue weighted by Crippen LogP contribution is 2.52. The second-order valence-corrected chi connectivity index (χ2v) is 13.9. The topological polar surface area (TPSA) is 0 Å². The molecule has 2 atom stereocenters. The van der Waals surface area contributed by atoms with Crippen molar-refractivity contribution in [1.82, 2.24) is 0 Å². The number of hydrogen-bond donors (Lipinski definition) is 0. The number of benzene rings is 1. The molecule has 2 unspecified atom stereocenters. The van der Waals surface area contributed by atoms with Crippen molar-refractivity contribution < 1.29 is 0 Å². The second kappa shape index (κ2) is 6.89. The van der Waals surface area contributed by atoms with Gasteiger partial charge in [0.2, 0.25) is 0 Å². The van der Waals surface area contributed by atoms with Crippen LogP contribution in [-0.2, 0) is 12.3 Å². The van der Waals surface area contributed by atoms with Crippen LogP contribution in [0.3, 0.4) is 0 Å². The van der Waals surface area contributed by atoms with E-state index < -0.39 is 0 Å². The van der Waals surface area contributed by atoms with Crippen molar-refractivity contribution in [1.29, 1.82) is 0 Å². The lowest BCUT2D eigenvalue weighted by Gasteiger charge is -2.31. The van der Waals surface area contributed by atoms with Crippen molar-refractivity contribution in [3.63, 3.8) is 0 Å². The van der Waals surface area contributed by atoms with E-state index in [9.17, 15) is 0 Å². The van der Waals surface area contributed by atoms with Gasteiger partial charge in [-0.1, -0.05) is 81.7 Å². The Balaban J connectivity index is 2.89. The van der Waals surface area contributed by atoms with Crippen molar-refractivity contribution in [2.24, 2.45) is 0 Å². The van der Waals surface area contributed by atoms with Gasteiger partial charge in [-0.25, -0.2) is 0 Å². The molecule has 0 fully saturated rings. The highest BCUT2D eigenvalue weighted by molar-refractivity contribution is 7.58. The molecule has 0 bridgehead atoms. The summed E-state index contributed by atoms with van der Waals surface area (Å²) in [5.74, 6) is 0. The largest absolute Gasteiger partial charge is 0.0999 e. The first-order valence-electron chi connectivity index (χ1n) is 7.51. The summed E-state index contributed by atoms with van der Waals surface area (Å²) in [4.78, 5) is 0. The van der Waals surface area contributed by atoms with Gasteiger partial charge >= 0.3 is 0 Å². The predicted molar refractivity (Wildman–Crippen MR) is 99.0 cm³/mol. The summed E-state index contributed by atoms with van der Waals surface area (Å²) < 4.78 is 0. The zero-order valence-electron chi connectivity index (χ0n) is 14.6. The molecular formula is C18H32P2. The van der Waals surface area contributed by atoms with Gasteiger partial charge in [-0.3, -0.25) is 0 Å². The standard InChI is InChI=1S/C18H32P2/c1-17(2,3)19(7)13-15-11-9-10-12-16(15)14-20(8)18(4,5)6/h9-12H,13-14H2,1-8H3. The van der Waals surface area contributed by atoms with Crippen molar-refractivity contribution in [2.75, 3.05) is 13.3 Å². The molecule has 0 heterocycles. The Hall–Kier alpha value is 0.0800. The Morgan fingerprint density at radius 1 is 0.700 bits per heavy atom. The van der Waals surface area contributed by atoms with Crippen LogP contribution >= 0.6 is 15.8 Å². The minimum atomic E-state index is 0.0400. The van der Waals surface area contributed by atoms with Gasteiger partial charge in [-0.15, -0.1) is 0 Å². The first-order chi connectivity index (χ1) is 9.01. The van der Waals surface area contributed by atoms with E-state index in [2.05, 4.69) is 79.1 Å². The van der Waals surface area contributed by atoms with Gasteiger partial charge in [0.15, 0.2) is 0 Å². The first kappa shape index (κ1) is 18.1. The summed E-state index contributed by atoms with van der Waals surface area (Å²) in [6.45, 7) is 19.2. The van der Waals surface area contributed by atoms with E-state index >= 15 is 0 Å². The van der Waals surface area contributed by atoms with Crippen LogP contribution in [0.2, 0.25) is 0 Å². The van der Waals surface area contributed by atoms with Crippen LogP contribution in [0, 0.1) is 0 Å². The average molecular weight is 310 g/mol. The van der Waals surface area contributed by atoms with Gasteiger partial charge < -0.3 is 0 Å². The maximum absolute atomic E-state index is 2.45. The fraction of sp³-hybridized carbons (Fsp3) is 0.667. The molecular weight excluding hydrogens is 278 g/mol. The van der Waals surface area contributed by atoms with Crippen LogP contribution in [-0.4, -0.2) is 23.6 Å². The molecule has 0 aromatic heterocycles. The molecule has 0 saturated heterocycles. The van der Waals surface area contributed by atoms with Crippen LogP contribution in [0.1, 0.15) is 52.7 Å². The normalized spacial score (nSPS) is 16.0. The minimum absolute atomic E-state index is 0.0400. The van der Waals surface area contributed by atoms with Gasteiger partial charge in [0.1, 0.15) is 0 Å². The molecule has 20 heavy (non-hydrogen) atoms. The summed E-state index contributed by atoms with van der Waals surface area (Å²) in [6.07, 6.45) is 2.53. The highest BCUT2D eigenvalue weighted by atomic mass is 31.1. The van der Waals surface area contributed by atoms with Gasteiger partial charge in [-0.05, 0) is 47.1 Å². The van der Waals surface area contributed by atoms with Crippen molar-refractivity contribution in [3.8, 4) is 0 Å². The fourth-order valence-corrected chi connectivity index (χ4v) is 4.44.